The van der Waals surface area contributed by atoms with Gasteiger partial charge in [-0.25, -0.2) is 4.79 Å². The van der Waals surface area contributed by atoms with E-state index in [-0.39, 0.29) is 17.7 Å². The number of ether oxygens (including phenoxy) is 2. The average Bonchev–Trinajstić information content (AvgIpc) is 2.81. The van der Waals surface area contributed by atoms with Crippen LogP contribution in [0.4, 0.5) is 4.79 Å². The van der Waals surface area contributed by atoms with Crippen molar-refractivity contribution in [3.8, 4) is 11.1 Å². The van der Waals surface area contributed by atoms with Gasteiger partial charge in [-0.3, -0.25) is 4.79 Å². The van der Waals surface area contributed by atoms with Gasteiger partial charge in [0, 0.05) is 39.4 Å². The topological polar surface area (TPSA) is 60.8 Å². The zero-order chi connectivity index (χ0) is 22.7. The number of cyclic esters (lactones) is 1. The van der Waals surface area contributed by atoms with Gasteiger partial charge in [0.2, 0.25) is 0 Å². The molecular weight excluding hydrogens is 404 g/mol. The molecule has 1 aromatic heterocycles. The van der Waals surface area contributed by atoms with Crippen molar-refractivity contribution in [2.45, 2.75) is 25.0 Å². The summed E-state index contributed by atoms with van der Waals surface area (Å²) in [6.45, 7) is 2.88. The Morgan fingerprint density at radius 3 is 2.38 bits per heavy atom. The second-order valence-electron chi connectivity index (χ2n) is 8.27. The lowest BCUT2D eigenvalue weighted by molar-refractivity contribution is -0.0964. The summed E-state index contributed by atoms with van der Waals surface area (Å²) in [6, 6.07) is 21.1. The summed E-state index contributed by atoms with van der Waals surface area (Å²) in [6.07, 6.45) is 2.06. The normalized spacial score (nSPS) is 19.5. The number of hydrogen-bond acceptors (Lipinski definition) is 4. The molecule has 6 heteroatoms. The van der Waals surface area contributed by atoms with Crippen LogP contribution in [0.5, 0.6) is 0 Å². The summed E-state index contributed by atoms with van der Waals surface area (Å²) in [7, 11) is 3.35. The Hall–Kier alpha value is -3.38. The highest BCUT2D eigenvalue weighted by Crippen LogP contribution is 2.37. The number of rotatable bonds is 6. The van der Waals surface area contributed by atoms with E-state index in [4.69, 9.17) is 9.47 Å². The minimum atomic E-state index is -0.771. The second-order valence-corrected chi connectivity index (χ2v) is 8.27. The number of carbonyl (C=O) groups excluding carboxylic acids is 1. The van der Waals surface area contributed by atoms with Crippen LogP contribution >= 0.6 is 0 Å². The third kappa shape index (κ3) is 4.18. The van der Waals surface area contributed by atoms with Gasteiger partial charge in [0.15, 0.2) is 5.60 Å². The molecule has 1 amide bonds. The molecule has 0 N–H and O–H groups in total. The van der Waals surface area contributed by atoms with E-state index in [0.29, 0.717) is 19.6 Å². The van der Waals surface area contributed by atoms with Crippen molar-refractivity contribution >= 4 is 6.09 Å². The Balaban J connectivity index is 1.51. The maximum atomic E-state index is 13.0. The number of pyridine rings is 1. The first-order chi connectivity index (χ1) is 15.4. The van der Waals surface area contributed by atoms with Gasteiger partial charge in [0.05, 0.1) is 12.6 Å². The number of nitrogens with zero attached hydrogens (tertiary/aromatic N) is 2. The van der Waals surface area contributed by atoms with Gasteiger partial charge in [-0.1, -0.05) is 54.6 Å². The summed E-state index contributed by atoms with van der Waals surface area (Å²) >= 11 is 0. The third-order valence-electron chi connectivity index (χ3n) is 6.25. The number of hydrogen-bond donors (Lipinski definition) is 0. The summed E-state index contributed by atoms with van der Waals surface area (Å²) in [4.78, 5) is 26.7. The Kier molecular flexibility index (Phi) is 6.15. The minimum Gasteiger partial charge on any atom is -0.435 e. The largest absolute Gasteiger partial charge is 0.435 e. The summed E-state index contributed by atoms with van der Waals surface area (Å²) in [5.74, 6) is 0. The fourth-order valence-electron chi connectivity index (χ4n) is 4.25. The number of aryl methyl sites for hydroxylation is 1. The highest BCUT2D eigenvalue weighted by Gasteiger charge is 2.43. The third-order valence-corrected chi connectivity index (χ3v) is 6.25. The molecule has 2 aromatic carbocycles. The number of carbonyl (C=O) groups is 1. The van der Waals surface area contributed by atoms with Crippen molar-refractivity contribution < 1.29 is 14.3 Å². The molecule has 0 spiro atoms. The molecule has 32 heavy (non-hydrogen) atoms. The second kappa shape index (κ2) is 9.01. The fourth-order valence-corrected chi connectivity index (χ4v) is 4.25. The molecule has 0 bridgehead atoms. The Morgan fingerprint density at radius 2 is 1.75 bits per heavy atom. The van der Waals surface area contributed by atoms with Crippen LogP contribution in [0.1, 0.15) is 30.5 Å². The standard InChI is InChI=1S/C26H28N2O4/c1-19(20-9-11-21(12-10-20)22-13-15-27(2)24(29)17-22)28-16-14-26(18-31-3,32-25(28)30)23-7-5-4-6-8-23/h4-13,15,17,19H,14,16,18H2,1-3H3/t19-,26?/m0/s1. The van der Waals surface area contributed by atoms with E-state index in [9.17, 15) is 9.59 Å². The lowest BCUT2D eigenvalue weighted by Gasteiger charge is -2.43. The van der Waals surface area contributed by atoms with Gasteiger partial charge >= 0.3 is 6.09 Å². The molecule has 1 unspecified atom stereocenters. The summed E-state index contributed by atoms with van der Waals surface area (Å²) in [5.41, 5.74) is 2.97. The molecule has 2 atom stereocenters. The maximum Gasteiger partial charge on any atom is 0.411 e. The Bertz CT molecular complexity index is 1140. The smallest absolute Gasteiger partial charge is 0.411 e. The van der Waals surface area contributed by atoms with Crippen LogP contribution in [0.3, 0.4) is 0 Å². The number of benzene rings is 2. The van der Waals surface area contributed by atoms with Crippen molar-refractivity contribution in [1.82, 2.24) is 9.47 Å². The number of amides is 1. The van der Waals surface area contributed by atoms with Crippen molar-refractivity contribution in [3.05, 3.63) is 94.4 Å². The van der Waals surface area contributed by atoms with Gasteiger partial charge in [-0.05, 0) is 35.2 Å². The first-order valence-electron chi connectivity index (χ1n) is 10.7. The SMILES string of the molecule is COCC1(c2ccccc2)CCN([C@@H](C)c2ccc(-c3ccn(C)c(=O)c3)cc2)C(=O)O1. The van der Waals surface area contributed by atoms with Crippen LogP contribution in [-0.2, 0) is 22.1 Å². The molecule has 1 fully saturated rings. The molecule has 1 saturated heterocycles. The molecule has 3 aromatic rings. The molecule has 0 saturated carbocycles. The molecular formula is C26H28N2O4. The highest BCUT2D eigenvalue weighted by atomic mass is 16.6. The van der Waals surface area contributed by atoms with Gasteiger partial charge < -0.3 is 18.9 Å². The van der Waals surface area contributed by atoms with Crippen LogP contribution in [0.15, 0.2) is 77.7 Å². The lowest BCUT2D eigenvalue weighted by atomic mass is 9.89. The van der Waals surface area contributed by atoms with Crippen molar-refractivity contribution in [1.29, 1.82) is 0 Å². The van der Waals surface area contributed by atoms with E-state index in [1.54, 1.807) is 35.9 Å². The number of aromatic nitrogens is 1. The monoisotopic (exact) mass is 432 g/mol. The maximum absolute atomic E-state index is 13.0. The van der Waals surface area contributed by atoms with Crippen molar-refractivity contribution in [2.75, 3.05) is 20.3 Å². The van der Waals surface area contributed by atoms with Gasteiger partial charge in [0.25, 0.3) is 5.56 Å². The van der Waals surface area contributed by atoms with E-state index in [0.717, 1.165) is 22.3 Å². The van der Waals surface area contributed by atoms with E-state index < -0.39 is 5.60 Å². The fraction of sp³-hybridized carbons (Fsp3) is 0.308. The van der Waals surface area contributed by atoms with Crippen LogP contribution in [0, 0.1) is 0 Å². The predicted octanol–water partition coefficient (Wildman–Crippen LogP) is 4.50. The Morgan fingerprint density at radius 1 is 1.03 bits per heavy atom. The first kappa shape index (κ1) is 21.8. The molecule has 0 aliphatic carbocycles. The van der Waals surface area contributed by atoms with Crippen LogP contribution in [0.25, 0.3) is 11.1 Å². The van der Waals surface area contributed by atoms with E-state index in [1.165, 1.54) is 0 Å². The molecule has 1 aliphatic heterocycles. The first-order valence-corrected chi connectivity index (χ1v) is 10.7. The lowest BCUT2D eigenvalue weighted by Crippen LogP contribution is -2.50. The van der Waals surface area contributed by atoms with Crippen LogP contribution < -0.4 is 5.56 Å². The molecule has 0 radical (unpaired) electrons. The zero-order valence-electron chi connectivity index (χ0n) is 18.7. The number of methoxy groups -OCH3 is 1. The van der Waals surface area contributed by atoms with Crippen LogP contribution in [-0.4, -0.2) is 35.8 Å². The molecule has 166 valence electrons. The molecule has 4 rings (SSSR count). The highest BCUT2D eigenvalue weighted by molar-refractivity contribution is 5.70. The predicted molar refractivity (Wildman–Crippen MR) is 123 cm³/mol. The Labute approximate surface area is 188 Å². The van der Waals surface area contributed by atoms with Crippen molar-refractivity contribution in [2.24, 2.45) is 7.05 Å². The van der Waals surface area contributed by atoms with Gasteiger partial charge in [-0.15, -0.1) is 0 Å². The van der Waals surface area contributed by atoms with E-state index in [2.05, 4.69) is 0 Å². The van der Waals surface area contributed by atoms with Crippen molar-refractivity contribution in [3.63, 3.8) is 0 Å². The zero-order valence-corrected chi connectivity index (χ0v) is 18.7. The summed E-state index contributed by atoms with van der Waals surface area (Å²) in [5, 5.41) is 0. The van der Waals surface area contributed by atoms with Gasteiger partial charge in [-0.2, -0.15) is 0 Å². The molecule has 2 heterocycles. The van der Waals surface area contributed by atoms with Crippen LogP contribution in [0.2, 0.25) is 0 Å². The minimum absolute atomic E-state index is 0.0473. The molecule has 6 nitrogen and oxygen atoms in total. The average molecular weight is 433 g/mol. The van der Waals surface area contributed by atoms with Gasteiger partial charge in [0.1, 0.15) is 0 Å². The summed E-state index contributed by atoms with van der Waals surface area (Å²) < 4.78 is 13.0. The van der Waals surface area contributed by atoms with E-state index in [1.807, 2.05) is 67.6 Å². The molecule has 1 aliphatic rings. The quantitative estimate of drug-likeness (QED) is 0.576. The van der Waals surface area contributed by atoms with E-state index >= 15 is 0 Å².